The summed E-state index contributed by atoms with van der Waals surface area (Å²) in [4.78, 5) is 16.7. The Bertz CT molecular complexity index is 1050. The van der Waals surface area contributed by atoms with E-state index < -0.39 is 6.61 Å². The predicted octanol–water partition coefficient (Wildman–Crippen LogP) is 6.02. The van der Waals surface area contributed by atoms with Crippen LogP contribution in [0.2, 0.25) is 0 Å². The summed E-state index contributed by atoms with van der Waals surface area (Å²) in [6.45, 7) is -0.802. The van der Waals surface area contributed by atoms with Crippen LogP contribution in [0.4, 0.5) is 13.9 Å². The summed E-state index contributed by atoms with van der Waals surface area (Å²) in [6.07, 6.45) is 5.02. The van der Waals surface area contributed by atoms with Crippen molar-refractivity contribution in [2.75, 3.05) is 12.4 Å². The summed E-state index contributed by atoms with van der Waals surface area (Å²) in [5, 5.41) is 5.10. The van der Waals surface area contributed by atoms with Gasteiger partial charge in [-0.15, -0.1) is 11.3 Å². The zero-order valence-corrected chi connectivity index (χ0v) is 17.9. The average Bonchev–Trinajstić information content (AvgIpc) is 3.21. The zero-order chi connectivity index (χ0) is 22.2. The lowest BCUT2D eigenvalue weighted by molar-refractivity contribution is -0.111. The molecule has 5 nitrogen and oxygen atoms in total. The molecular formula is C23H22F2N2O3S. The number of hydrogen-bond donors (Lipinski definition) is 1. The maximum absolute atomic E-state index is 12.4. The number of alkyl halides is 2. The van der Waals surface area contributed by atoms with Gasteiger partial charge in [0.1, 0.15) is 0 Å². The first-order valence-electron chi connectivity index (χ1n) is 9.65. The van der Waals surface area contributed by atoms with Gasteiger partial charge in [0.15, 0.2) is 16.6 Å². The van der Waals surface area contributed by atoms with Crippen molar-refractivity contribution >= 4 is 28.5 Å². The number of nitrogens with one attached hydrogen (secondary N) is 1. The van der Waals surface area contributed by atoms with E-state index in [1.165, 1.54) is 42.2 Å². The molecule has 3 rings (SSSR count). The third-order valence-corrected chi connectivity index (χ3v) is 5.11. The van der Waals surface area contributed by atoms with Crippen molar-refractivity contribution in [3.05, 3.63) is 65.0 Å². The Hall–Kier alpha value is -3.26. The van der Waals surface area contributed by atoms with Gasteiger partial charge < -0.3 is 9.47 Å². The summed E-state index contributed by atoms with van der Waals surface area (Å²) < 4.78 is 34.3. The number of carbonyl (C=O) groups is 1. The van der Waals surface area contributed by atoms with Crippen molar-refractivity contribution < 1.29 is 23.0 Å². The molecule has 1 amide bonds. The van der Waals surface area contributed by atoms with E-state index in [2.05, 4.69) is 34.1 Å². The van der Waals surface area contributed by atoms with Crippen molar-refractivity contribution in [3.63, 3.8) is 0 Å². The van der Waals surface area contributed by atoms with E-state index in [9.17, 15) is 13.6 Å². The van der Waals surface area contributed by atoms with Crippen molar-refractivity contribution in [3.8, 4) is 22.8 Å². The van der Waals surface area contributed by atoms with Crippen LogP contribution in [0.3, 0.4) is 0 Å². The van der Waals surface area contributed by atoms with Crippen LogP contribution in [-0.4, -0.2) is 24.6 Å². The molecule has 0 saturated heterocycles. The number of nitrogens with zero attached hydrogens (tertiary/aromatic N) is 1. The lowest BCUT2D eigenvalue weighted by Gasteiger charge is -2.10. The summed E-state index contributed by atoms with van der Waals surface area (Å²) >= 11 is 1.34. The number of benzene rings is 2. The Morgan fingerprint density at radius 1 is 1.19 bits per heavy atom. The van der Waals surface area contributed by atoms with Crippen LogP contribution >= 0.6 is 11.3 Å². The van der Waals surface area contributed by atoms with Crippen LogP contribution in [0, 0.1) is 0 Å². The van der Waals surface area contributed by atoms with Crippen molar-refractivity contribution in [2.45, 2.75) is 26.4 Å². The summed E-state index contributed by atoms with van der Waals surface area (Å²) in [5.74, 6) is -0.277. The molecule has 1 N–H and O–H groups in total. The van der Waals surface area contributed by atoms with Crippen LogP contribution in [0.5, 0.6) is 11.5 Å². The van der Waals surface area contributed by atoms with Gasteiger partial charge in [-0.3, -0.25) is 10.1 Å². The van der Waals surface area contributed by atoms with Gasteiger partial charge in [0, 0.05) is 17.0 Å². The van der Waals surface area contributed by atoms with Gasteiger partial charge in [-0.25, -0.2) is 4.98 Å². The molecule has 0 unspecified atom stereocenters. The first kappa shape index (κ1) is 22.4. The minimum atomic E-state index is -2.95. The number of aromatic nitrogens is 1. The van der Waals surface area contributed by atoms with Gasteiger partial charge in [0.05, 0.1) is 12.8 Å². The number of methoxy groups -OCH3 is 1. The monoisotopic (exact) mass is 444 g/mol. The molecule has 0 spiro atoms. The Balaban J connectivity index is 1.62. The predicted molar refractivity (Wildman–Crippen MR) is 119 cm³/mol. The topological polar surface area (TPSA) is 60.5 Å². The van der Waals surface area contributed by atoms with Crippen LogP contribution in [0.25, 0.3) is 17.3 Å². The first-order valence-corrected chi connectivity index (χ1v) is 10.5. The third kappa shape index (κ3) is 6.36. The molecule has 1 heterocycles. The molecule has 162 valence electrons. The minimum Gasteiger partial charge on any atom is -0.493 e. The van der Waals surface area contributed by atoms with E-state index in [4.69, 9.17) is 4.74 Å². The number of thiazole rings is 1. The van der Waals surface area contributed by atoms with Gasteiger partial charge in [-0.2, -0.15) is 8.78 Å². The van der Waals surface area contributed by atoms with E-state index in [1.807, 2.05) is 17.5 Å². The SMILES string of the molecule is CCCc1ccc(-c2csc(NC(=O)C=Cc3ccc(OC(F)F)c(OC)c3)n2)cc1. The van der Waals surface area contributed by atoms with Crippen molar-refractivity contribution in [1.29, 1.82) is 0 Å². The first-order chi connectivity index (χ1) is 15.0. The second kappa shape index (κ2) is 10.7. The number of anilines is 1. The highest BCUT2D eigenvalue weighted by atomic mass is 32.1. The van der Waals surface area contributed by atoms with E-state index in [0.29, 0.717) is 10.7 Å². The van der Waals surface area contributed by atoms with Crippen molar-refractivity contribution in [2.24, 2.45) is 0 Å². The summed E-state index contributed by atoms with van der Waals surface area (Å²) in [6, 6.07) is 12.7. The summed E-state index contributed by atoms with van der Waals surface area (Å²) in [7, 11) is 1.35. The molecule has 0 bridgehead atoms. The highest BCUT2D eigenvalue weighted by Crippen LogP contribution is 2.30. The average molecular weight is 445 g/mol. The lowest BCUT2D eigenvalue weighted by atomic mass is 10.1. The normalized spacial score (nSPS) is 11.1. The Morgan fingerprint density at radius 2 is 1.97 bits per heavy atom. The fraction of sp³-hybridized carbons (Fsp3) is 0.217. The van der Waals surface area contributed by atoms with Crippen LogP contribution in [0.1, 0.15) is 24.5 Å². The highest BCUT2D eigenvalue weighted by Gasteiger charge is 2.11. The Labute approximate surface area is 183 Å². The van der Waals surface area contributed by atoms with E-state index >= 15 is 0 Å². The number of amides is 1. The second-order valence-electron chi connectivity index (χ2n) is 6.60. The quantitative estimate of drug-likeness (QED) is 0.410. The number of rotatable bonds is 9. The van der Waals surface area contributed by atoms with E-state index in [1.54, 1.807) is 12.1 Å². The van der Waals surface area contributed by atoms with Gasteiger partial charge >= 0.3 is 6.61 Å². The number of halogens is 2. The third-order valence-electron chi connectivity index (χ3n) is 4.35. The Kier molecular flexibility index (Phi) is 7.72. The second-order valence-corrected chi connectivity index (χ2v) is 7.45. The maximum atomic E-state index is 12.4. The molecule has 0 saturated carbocycles. The number of aryl methyl sites for hydroxylation is 1. The fourth-order valence-corrected chi connectivity index (χ4v) is 3.62. The van der Waals surface area contributed by atoms with Gasteiger partial charge in [0.2, 0.25) is 5.91 Å². The smallest absolute Gasteiger partial charge is 0.387 e. The standard InChI is InChI=1S/C23H22F2N2O3S/c1-3-4-15-5-9-17(10-6-15)18-14-31-23(26-18)27-21(28)12-8-16-7-11-19(30-22(24)25)20(13-16)29-2/h5-14,22H,3-4H2,1-2H3,(H,26,27,28). The molecule has 0 aliphatic heterocycles. The number of hydrogen-bond acceptors (Lipinski definition) is 5. The number of carbonyl (C=O) groups excluding carboxylic acids is 1. The van der Waals surface area contributed by atoms with Crippen LogP contribution < -0.4 is 14.8 Å². The molecule has 0 aliphatic rings. The molecule has 0 aliphatic carbocycles. The molecule has 0 fully saturated rings. The van der Waals surface area contributed by atoms with Gasteiger partial charge in [-0.1, -0.05) is 43.7 Å². The lowest BCUT2D eigenvalue weighted by Crippen LogP contribution is -2.07. The van der Waals surface area contributed by atoms with Crippen LogP contribution in [0.15, 0.2) is 53.9 Å². The van der Waals surface area contributed by atoms with Gasteiger partial charge in [0.25, 0.3) is 0 Å². The van der Waals surface area contributed by atoms with E-state index in [0.717, 1.165) is 24.1 Å². The molecule has 0 radical (unpaired) electrons. The molecule has 8 heteroatoms. The Morgan fingerprint density at radius 3 is 2.65 bits per heavy atom. The summed E-state index contributed by atoms with van der Waals surface area (Å²) in [5.41, 5.74) is 3.67. The minimum absolute atomic E-state index is 0.0721. The van der Waals surface area contributed by atoms with Gasteiger partial charge in [-0.05, 0) is 35.8 Å². The molecular weight excluding hydrogens is 422 g/mol. The fourth-order valence-electron chi connectivity index (χ4n) is 2.89. The zero-order valence-electron chi connectivity index (χ0n) is 17.1. The highest BCUT2D eigenvalue weighted by molar-refractivity contribution is 7.14. The molecule has 31 heavy (non-hydrogen) atoms. The van der Waals surface area contributed by atoms with Crippen LogP contribution in [-0.2, 0) is 11.2 Å². The maximum Gasteiger partial charge on any atom is 0.387 e. The van der Waals surface area contributed by atoms with E-state index in [-0.39, 0.29) is 17.4 Å². The largest absolute Gasteiger partial charge is 0.493 e. The number of ether oxygens (including phenoxy) is 2. The molecule has 1 aromatic heterocycles. The molecule has 2 aromatic carbocycles. The molecule has 0 atom stereocenters. The molecule has 3 aromatic rings. The van der Waals surface area contributed by atoms with Crippen molar-refractivity contribution in [1.82, 2.24) is 4.98 Å².